The van der Waals surface area contributed by atoms with Crippen molar-refractivity contribution in [2.24, 2.45) is 4.99 Å². The monoisotopic (exact) mass is 598 g/mol. The second-order valence-electron chi connectivity index (χ2n) is 12.2. The number of fused-ring (bicyclic) bond motifs is 2. The SMILES string of the molecule is FC(F)(F)Cc1ccc(-n2c3cc(=NC4CCN(C5CCCC5)CC4)c(Nc4cccnc4)cc-3nc3c2=CCCC=3)cc1. The standard InChI is InChI=1S/C35H37F3N6/c36-35(37,38)22-24-11-13-28(14-12-24)44-33-10-4-3-9-29(33)42-32-20-30(41-26-6-5-17-39-23-26)31(21-34(32)44)40-25-15-18-43(19-16-25)27-7-1-2-8-27/h5-6,9-14,17,20-21,23,25,27,41H,1-4,7-8,15-16,18-19,22H2. The summed E-state index contributed by atoms with van der Waals surface area (Å²) in [6.07, 6.45) is 11.8. The van der Waals surface area contributed by atoms with Gasteiger partial charge in [0.1, 0.15) is 0 Å². The van der Waals surface area contributed by atoms with Crippen molar-refractivity contribution in [3.8, 4) is 17.1 Å². The van der Waals surface area contributed by atoms with Gasteiger partial charge in [-0.15, -0.1) is 0 Å². The average Bonchev–Trinajstić information content (AvgIpc) is 3.56. The largest absolute Gasteiger partial charge is 0.393 e. The lowest BCUT2D eigenvalue weighted by Gasteiger charge is -2.34. The van der Waals surface area contributed by atoms with E-state index in [1.165, 1.54) is 25.7 Å². The van der Waals surface area contributed by atoms with Crippen molar-refractivity contribution >= 4 is 23.5 Å². The van der Waals surface area contributed by atoms with Gasteiger partial charge in [0.15, 0.2) is 0 Å². The van der Waals surface area contributed by atoms with E-state index in [1.807, 2.05) is 18.2 Å². The van der Waals surface area contributed by atoms with E-state index in [0.717, 1.165) is 89.3 Å². The molecule has 0 bridgehead atoms. The van der Waals surface area contributed by atoms with Crippen molar-refractivity contribution in [2.45, 2.75) is 76.0 Å². The highest BCUT2D eigenvalue weighted by atomic mass is 19.4. The smallest absolute Gasteiger partial charge is 0.352 e. The summed E-state index contributed by atoms with van der Waals surface area (Å²) in [5, 5.41) is 6.22. The molecule has 1 aromatic carbocycles. The fraction of sp³-hybridized carbons (Fsp3) is 0.400. The summed E-state index contributed by atoms with van der Waals surface area (Å²) in [6, 6.07) is 15.7. The summed E-state index contributed by atoms with van der Waals surface area (Å²) in [6.45, 7) is 2.14. The van der Waals surface area contributed by atoms with Crippen LogP contribution in [0.15, 0.2) is 65.9 Å². The number of likely N-dealkylation sites (tertiary alicyclic amines) is 1. The molecule has 1 saturated carbocycles. The van der Waals surface area contributed by atoms with Crippen LogP contribution < -0.4 is 21.4 Å². The normalized spacial score (nSPS) is 18.7. The van der Waals surface area contributed by atoms with Crippen molar-refractivity contribution < 1.29 is 13.2 Å². The van der Waals surface area contributed by atoms with E-state index < -0.39 is 12.6 Å². The van der Waals surface area contributed by atoms with Crippen LogP contribution in [-0.2, 0) is 6.42 Å². The minimum absolute atomic E-state index is 0.208. The van der Waals surface area contributed by atoms with Crippen molar-refractivity contribution in [3.63, 3.8) is 0 Å². The van der Waals surface area contributed by atoms with E-state index in [4.69, 9.17) is 9.98 Å². The van der Waals surface area contributed by atoms with Gasteiger partial charge in [0.25, 0.3) is 0 Å². The number of halogens is 3. The first-order valence-electron chi connectivity index (χ1n) is 15.8. The van der Waals surface area contributed by atoms with Gasteiger partial charge in [-0.3, -0.25) is 9.98 Å². The molecule has 44 heavy (non-hydrogen) atoms. The second kappa shape index (κ2) is 12.2. The highest BCUT2D eigenvalue weighted by molar-refractivity contribution is 5.70. The van der Waals surface area contributed by atoms with Crippen LogP contribution in [0.5, 0.6) is 0 Å². The number of pyridine rings is 1. The Morgan fingerprint density at radius 3 is 2.43 bits per heavy atom. The van der Waals surface area contributed by atoms with Gasteiger partial charge in [-0.2, -0.15) is 13.2 Å². The third-order valence-corrected chi connectivity index (χ3v) is 9.12. The number of rotatable bonds is 6. The minimum atomic E-state index is -4.25. The van der Waals surface area contributed by atoms with Crippen molar-refractivity contribution in [3.05, 3.63) is 82.5 Å². The fourth-order valence-electron chi connectivity index (χ4n) is 6.97. The van der Waals surface area contributed by atoms with Crippen LogP contribution in [-0.4, -0.2) is 50.8 Å². The maximum absolute atomic E-state index is 13.1. The predicted molar refractivity (Wildman–Crippen MR) is 167 cm³/mol. The molecule has 2 fully saturated rings. The van der Waals surface area contributed by atoms with E-state index in [1.54, 1.807) is 36.7 Å². The third kappa shape index (κ3) is 6.29. The van der Waals surface area contributed by atoms with Crippen LogP contribution >= 0.6 is 0 Å². The summed E-state index contributed by atoms with van der Waals surface area (Å²) in [7, 11) is 0. The number of nitrogens with zero attached hydrogens (tertiary/aromatic N) is 5. The summed E-state index contributed by atoms with van der Waals surface area (Å²) < 4.78 is 41.4. The van der Waals surface area contributed by atoms with Crippen molar-refractivity contribution in [2.75, 3.05) is 18.4 Å². The minimum Gasteiger partial charge on any atom is -0.352 e. The quantitative estimate of drug-likeness (QED) is 0.301. The predicted octanol–water partition coefficient (Wildman–Crippen LogP) is 5.88. The molecule has 9 heteroatoms. The second-order valence-corrected chi connectivity index (χ2v) is 12.2. The van der Waals surface area contributed by atoms with Crippen molar-refractivity contribution in [1.82, 2.24) is 19.4 Å². The van der Waals surface area contributed by atoms with Crippen LogP contribution in [0.1, 0.15) is 56.9 Å². The van der Waals surface area contributed by atoms with Gasteiger partial charge in [-0.05, 0) is 80.5 Å². The zero-order valence-electron chi connectivity index (χ0n) is 24.7. The van der Waals surface area contributed by atoms with Crippen LogP contribution in [0, 0.1) is 0 Å². The van der Waals surface area contributed by atoms with Gasteiger partial charge in [0, 0.05) is 31.0 Å². The Morgan fingerprint density at radius 2 is 1.70 bits per heavy atom. The van der Waals surface area contributed by atoms with E-state index >= 15 is 0 Å². The first kappa shape index (κ1) is 28.8. The number of hydrogen-bond acceptors (Lipinski definition) is 5. The van der Waals surface area contributed by atoms with E-state index in [2.05, 4.69) is 38.0 Å². The lowest BCUT2D eigenvalue weighted by molar-refractivity contribution is -0.127. The number of nitrogens with one attached hydrogen (secondary N) is 1. The molecule has 0 radical (unpaired) electrons. The van der Waals surface area contributed by atoms with Crippen LogP contribution in [0.25, 0.3) is 29.2 Å². The molecule has 5 aliphatic rings. The molecular weight excluding hydrogens is 561 g/mol. The van der Waals surface area contributed by atoms with Crippen LogP contribution in [0.3, 0.4) is 0 Å². The van der Waals surface area contributed by atoms with Gasteiger partial charge in [0.2, 0.25) is 0 Å². The Balaban J connectivity index is 1.34. The van der Waals surface area contributed by atoms with E-state index in [0.29, 0.717) is 0 Å². The zero-order valence-corrected chi connectivity index (χ0v) is 24.7. The summed E-state index contributed by atoms with van der Waals surface area (Å²) in [4.78, 5) is 17.3. The van der Waals surface area contributed by atoms with Crippen LogP contribution in [0.2, 0.25) is 0 Å². The molecule has 0 unspecified atom stereocenters. The Labute approximate surface area is 255 Å². The Bertz CT molecular complexity index is 1760. The Morgan fingerprint density at radius 1 is 0.932 bits per heavy atom. The molecule has 0 amide bonds. The number of hydrogen-bond donors (Lipinski definition) is 1. The highest BCUT2D eigenvalue weighted by Crippen LogP contribution is 2.28. The first-order valence-corrected chi connectivity index (χ1v) is 15.8. The average molecular weight is 599 g/mol. The first-order chi connectivity index (χ1) is 21.4. The highest BCUT2D eigenvalue weighted by Gasteiger charge is 2.28. The van der Waals surface area contributed by atoms with E-state index in [-0.39, 0.29) is 11.6 Å². The maximum Gasteiger partial charge on any atom is 0.393 e. The van der Waals surface area contributed by atoms with Gasteiger partial charge < -0.3 is 14.8 Å². The molecule has 6 nitrogen and oxygen atoms in total. The summed E-state index contributed by atoms with van der Waals surface area (Å²) in [5.41, 5.74) is 4.43. The Kier molecular flexibility index (Phi) is 7.97. The lowest BCUT2D eigenvalue weighted by atomic mass is 10.0. The van der Waals surface area contributed by atoms with Crippen molar-refractivity contribution in [1.29, 1.82) is 0 Å². The fourth-order valence-corrected chi connectivity index (χ4v) is 6.97. The van der Waals surface area contributed by atoms with Gasteiger partial charge in [0.05, 0.1) is 57.5 Å². The third-order valence-electron chi connectivity index (χ3n) is 9.12. The molecule has 3 heterocycles. The molecular formula is C35H37F3N6. The van der Waals surface area contributed by atoms with Gasteiger partial charge in [-0.25, -0.2) is 4.98 Å². The van der Waals surface area contributed by atoms with Gasteiger partial charge >= 0.3 is 6.18 Å². The number of benzene rings is 2. The van der Waals surface area contributed by atoms with Crippen LogP contribution in [0.4, 0.5) is 24.5 Å². The number of alkyl halides is 3. The molecule has 2 aromatic rings. The summed E-state index contributed by atoms with van der Waals surface area (Å²) in [5.74, 6) is 0. The molecule has 1 aromatic heterocycles. The lowest BCUT2D eigenvalue weighted by Crippen LogP contribution is -2.42. The topological polar surface area (TPSA) is 58.3 Å². The number of anilines is 2. The Hall–Kier alpha value is -3.98. The number of piperidine rings is 1. The summed E-state index contributed by atoms with van der Waals surface area (Å²) >= 11 is 0. The van der Waals surface area contributed by atoms with Gasteiger partial charge in [-0.1, -0.05) is 37.1 Å². The zero-order chi connectivity index (χ0) is 30.1. The molecule has 1 saturated heterocycles. The molecule has 2 aliphatic heterocycles. The molecule has 228 valence electrons. The molecule has 7 rings (SSSR count). The molecule has 0 atom stereocenters. The maximum atomic E-state index is 13.1. The molecule has 3 aliphatic carbocycles. The molecule has 0 spiro atoms. The molecule has 1 N–H and O–H groups in total. The number of aromatic nitrogens is 3. The van der Waals surface area contributed by atoms with E-state index in [9.17, 15) is 13.2 Å².